The van der Waals surface area contributed by atoms with Crippen LogP contribution in [0.3, 0.4) is 0 Å². The molecule has 0 aliphatic heterocycles. The zero-order valence-corrected chi connectivity index (χ0v) is 10.9. The van der Waals surface area contributed by atoms with E-state index in [0.717, 1.165) is 16.1 Å². The lowest BCUT2D eigenvalue weighted by molar-refractivity contribution is 0.860. The predicted molar refractivity (Wildman–Crippen MR) is 71.3 cm³/mol. The van der Waals surface area contributed by atoms with Crippen LogP contribution in [0, 0.1) is 13.8 Å². The van der Waals surface area contributed by atoms with Gasteiger partial charge in [0.15, 0.2) is 0 Å². The first-order chi connectivity index (χ1) is 7.59. The zero-order chi connectivity index (χ0) is 11.7. The molecule has 2 rings (SSSR count). The Morgan fingerprint density at radius 2 is 1.94 bits per heavy atom. The molecule has 2 N–H and O–H groups in total. The maximum Gasteiger partial charge on any atom is 0.0565 e. The molecule has 0 radical (unpaired) electrons. The summed E-state index contributed by atoms with van der Waals surface area (Å²) in [5.41, 5.74) is 9.77. The fraction of sp³-hybridized carbons (Fsp3) is 0.231. The highest BCUT2D eigenvalue weighted by Crippen LogP contribution is 2.29. The number of halogens is 1. The Morgan fingerprint density at radius 1 is 1.19 bits per heavy atom. The minimum absolute atomic E-state index is 0.0523. The summed E-state index contributed by atoms with van der Waals surface area (Å²) in [5, 5.41) is 2.84. The van der Waals surface area contributed by atoms with Crippen LogP contribution in [0.15, 0.2) is 29.6 Å². The Labute approximate surface area is 105 Å². The molecule has 0 spiro atoms. The average molecular weight is 252 g/mol. The van der Waals surface area contributed by atoms with Crippen molar-refractivity contribution in [1.82, 2.24) is 0 Å². The first-order valence-electron chi connectivity index (χ1n) is 5.15. The van der Waals surface area contributed by atoms with E-state index in [1.807, 2.05) is 25.1 Å². The summed E-state index contributed by atoms with van der Waals surface area (Å²) in [6.45, 7) is 4.15. The lowest BCUT2D eigenvalue weighted by atomic mass is 9.96. The summed E-state index contributed by atoms with van der Waals surface area (Å²) in [6.07, 6.45) is 0. The quantitative estimate of drug-likeness (QED) is 0.856. The van der Waals surface area contributed by atoms with E-state index in [2.05, 4.69) is 18.4 Å². The van der Waals surface area contributed by atoms with E-state index in [0.29, 0.717) is 0 Å². The molecular weight excluding hydrogens is 238 g/mol. The molecule has 1 atom stereocenters. The Balaban J connectivity index is 2.41. The van der Waals surface area contributed by atoms with Gasteiger partial charge in [0.25, 0.3) is 0 Å². The zero-order valence-electron chi connectivity index (χ0n) is 9.33. The predicted octanol–water partition coefficient (Wildman–Crippen LogP) is 4.07. The average Bonchev–Trinajstić information content (AvgIpc) is 2.63. The number of nitrogens with two attached hydrogens (primary N) is 1. The minimum Gasteiger partial charge on any atom is -0.320 e. The Hall–Kier alpha value is -0.830. The molecule has 0 fully saturated rings. The molecule has 0 saturated carbocycles. The third kappa shape index (κ3) is 2.14. The van der Waals surface area contributed by atoms with Crippen LogP contribution in [0.5, 0.6) is 0 Å². The first-order valence-corrected chi connectivity index (χ1v) is 6.41. The van der Waals surface area contributed by atoms with E-state index in [4.69, 9.17) is 17.3 Å². The fourth-order valence-electron chi connectivity index (χ4n) is 1.87. The second kappa shape index (κ2) is 4.58. The van der Waals surface area contributed by atoms with Gasteiger partial charge in [0.1, 0.15) is 0 Å². The van der Waals surface area contributed by atoms with Crippen LogP contribution in [0.2, 0.25) is 5.02 Å². The number of aryl methyl sites for hydroxylation is 2. The number of benzene rings is 1. The third-order valence-electron chi connectivity index (χ3n) is 2.80. The first kappa shape index (κ1) is 11.6. The summed E-state index contributed by atoms with van der Waals surface area (Å²) in [6, 6.07) is 7.91. The molecule has 0 bridgehead atoms. The summed E-state index contributed by atoms with van der Waals surface area (Å²) in [7, 11) is 0. The highest BCUT2D eigenvalue weighted by molar-refractivity contribution is 7.10. The van der Waals surface area contributed by atoms with Crippen molar-refractivity contribution in [3.63, 3.8) is 0 Å². The van der Waals surface area contributed by atoms with Gasteiger partial charge in [-0.1, -0.05) is 17.7 Å². The second-order valence-electron chi connectivity index (χ2n) is 3.91. The van der Waals surface area contributed by atoms with Crippen molar-refractivity contribution >= 4 is 22.9 Å². The van der Waals surface area contributed by atoms with Gasteiger partial charge in [-0.15, -0.1) is 11.3 Å². The smallest absolute Gasteiger partial charge is 0.0565 e. The Kier molecular flexibility index (Phi) is 3.33. The SMILES string of the molecule is Cc1cc(Cl)ccc1C(N)c1ccsc1C. The van der Waals surface area contributed by atoms with Crippen molar-refractivity contribution in [2.24, 2.45) is 5.73 Å². The van der Waals surface area contributed by atoms with Gasteiger partial charge in [-0.25, -0.2) is 0 Å². The molecule has 16 heavy (non-hydrogen) atoms. The van der Waals surface area contributed by atoms with Gasteiger partial charge in [-0.3, -0.25) is 0 Å². The van der Waals surface area contributed by atoms with Crippen LogP contribution < -0.4 is 5.73 Å². The lowest BCUT2D eigenvalue weighted by Crippen LogP contribution is -2.13. The van der Waals surface area contributed by atoms with Gasteiger partial charge in [0.05, 0.1) is 6.04 Å². The molecule has 0 aliphatic carbocycles. The normalized spacial score (nSPS) is 12.8. The van der Waals surface area contributed by atoms with E-state index in [9.17, 15) is 0 Å². The van der Waals surface area contributed by atoms with Crippen molar-refractivity contribution in [3.05, 3.63) is 56.2 Å². The van der Waals surface area contributed by atoms with Gasteiger partial charge in [0.2, 0.25) is 0 Å². The molecule has 1 unspecified atom stereocenters. The molecule has 1 aromatic carbocycles. The van der Waals surface area contributed by atoms with Crippen LogP contribution in [-0.2, 0) is 0 Å². The molecule has 3 heteroatoms. The fourth-order valence-corrected chi connectivity index (χ4v) is 2.85. The molecule has 1 nitrogen and oxygen atoms in total. The number of hydrogen-bond acceptors (Lipinski definition) is 2. The highest BCUT2D eigenvalue weighted by atomic mass is 35.5. The summed E-state index contributed by atoms with van der Waals surface area (Å²) in [4.78, 5) is 1.28. The Morgan fingerprint density at radius 3 is 2.50 bits per heavy atom. The van der Waals surface area contributed by atoms with Gasteiger partial charge >= 0.3 is 0 Å². The third-order valence-corrected chi connectivity index (χ3v) is 3.90. The standard InChI is InChI=1S/C13H14ClNS/c1-8-7-10(14)3-4-11(8)13(15)12-5-6-16-9(12)2/h3-7,13H,15H2,1-2H3. The maximum absolute atomic E-state index is 6.28. The van der Waals surface area contributed by atoms with E-state index in [-0.39, 0.29) is 6.04 Å². The number of hydrogen-bond donors (Lipinski definition) is 1. The molecule has 84 valence electrons. The van der Waals surface area contributed by atoms with Gasteiger partial charge in [0, 0.05) is 9.90 Å². The van der Waals surface area contributed by atoms with Crippen LogP contribution in [0.4, 0.5) is 0 Å². The van der Waals surface area contributed by atoms with E-state index in [1.54, 1.807) is 11.3 Å². The summed E-state index contributed by atoms with van der Waals surface area (Å²) < 4.78 is 0. The van der Waals surface area contributed by atoms with Gasteiger partial charge in [-0.05, 0) is 54.1 Å². The van der Waals surface area contributed by atoms with Crippen molar-refractivity contribution in [3.8, 4) is 0 Å². The lowest BCUT2D eigenvalue weighted by Gasteiger charge is -2.15. The minimum atomic E-state index is -0.0523. The van der Waals surface area contributed by atoms with E-state index < -0.39 is 0 Å². The van der Waals surface area contributed by atoms with Crippen molar-refractivity contribution in [2.75, 3.05) is 0 Å². The van der Waals surface area contributed by atoms with Crippen LogP contribution in [0.25, 0.3) is 0 Å². The monoisotopic (exact) mass is 251 g/mol. The summed E-state index contributed by atoms with van der Waals surface area (Å²) >= 11 is 7.67. The molecule has 0 amide bonds. The molecule has 1 heterocycles. The van der Waals surface area contributed by atoms with Gasteiger partial charge in [-0.2, -0.15) is 0 Å². The van der Waals surface area contributed by atoms with Crippen LogP contribution in [0.1, 0.15) is 27.6 Å². The van der Waals surface area contributed by atoms with E-state index in [1.165, 1.54) is 10.4 Å². The van der Waals surface area contributed by atoms with Crippen LogP contribution in [-0.4, -0.2) is 0 Å². The largest absolute Gasteiger partial charge is 0.320 e. The molecule has 0 aliphatic rings. The molecular formula is C13H14ClNS. The van der Waals surface area contributed by atoms with Crippen LogP contribution >= 0.6 is 22.9 Å². The maximum atomic E-state index is 6.28. The summed E-state index contributed by atoms with van der Waals surface area (Å²) in [5.74, 6) is 0. The second-order valence-corrected chi connectivity index (χ2v) is 5.47. The highest BCUT2D eigenvalue weighted by Gasteiger charge is 2.14. The topological polar surface area (TPSA) is 26.0 Å². The van der Waals surface area contributed by atoms with E-state index >= 15 is 0 Å². The molecule has 1 aromatic heterocycles. The van der Waals surface area contributed by atoms with Gasteiger partial charge < -0.3 is 5.73 Å². The number of rotatable bonds is 2. The van der Waals surface area contributed by atoms with Crippen molar-refractivity contribution in [1.29, 1.82) is 0 Å². The van der Waals surface area contributed by atoms with Crippen molar-refractivity contribution in [2.45, 2.75) is 19.9 Å². The van der Waals surface area contributed by atoms with Crippen molar-refractivity contribution < 1.29 is 0 Å². The number of thiophene rings is 1. The molecule has 2 aromatic rings. The Bertz CT molecular complexity index is 504. The molecule has 0 saturated heterocycles.